The van der Waals surface area contributed by atoms with Crippen molar-refractivity contribution >= 4 is 0 Å². The summed E-state index contributed by atoms with van der Waals surface area (Å²) in [7, 11) is 0. The van der Waals surface area contributed by atoms with Crippen LogP contribution in [0.5, 0.6) is 5.75 Å². The monoisotopic (exact) mass is 247 g/mol. The Morgan fingerprint density at radius 3 is 2.61 bits per heavy atom. The molecule has 18 heavy (non-hydrogen) atoms. The molecule has 0 aromatic heterocycles. The van der Waals surface area contributed by atoms with Gasteiger partial charge < -0.3 is 10.1 Å². The highest BCUT2D eigenvalue weighted by molar-refractivity contribution is 5.29. The van der Waals surface area contributed by atoms with Crippen LogP contribution in [0.2, 0.25) is 0 Å². The van der Waals surface area contributed by atoms with Crippen LogP contribution in [-0.4, -0.2) is 12.6 Å². The molecule has 3 atom stereocenters. The molecule has 0 heterocycles. The Hall–Kier alpha value is -1.02. The lowest BCUT2D eigenvalue weighted by molar-refractivity contribution is 0.340. The first-order valence-electron chi connectivity index (χ1n) is 7.23. The third kappa shape index (κ3) is 3.49. The minimum Gasteiger partial charge on any atom is -0.494 e. The number of rotatable bonds is 7. The Morgan fingerprint density at radius 2 is 2.00 bits per heavy atom. The molecule has 1 saturated carbocycles. The van der Waals surface area contributed by atoms with E-state index in [0.29, 0.717) is 6.04 Å². The number of hydrogen-bond donors (Lipinski definition) is 1. The molecule has 1 aliphatic carbocycles. The van der Waals surface area contributed by atoms with Crippen molar-refractivity contribution in [2.45, 2.75) is 52.1 Å². The van der Waals surface area contributed by atoms with Gasteiger partial charge >= 0.3 is 0 Å². The third-order valence-corrected chi connectivity index (χ3v) is 3.74. The largest absolute Gasteiger partial charge is 0.494 e. The van der Waals surface area contributed by atoms with Crippen LogP contribution in [0.3, 0.4) is 0 Å². The average molecular weight is 247 g/mol. The van der Waals surface area contributed by atoms with Crippen LogP contribution in [0.1, 0.15) is 51.6 Å². The summed E-state index contributed by atoms with van der Waals surface area (Å²) in [6.07, 6.45) is 4.03. The summed E-state index contributed by atoms with van der Waals surface area (Å²) in [6, 6.07) is 9.64. The van der Waals surface area contributed by atoms with Crippen molar-refractivity contribution in [2.24, 2.45) is 5.92 Å². The van der Waals surface area contributed by atoms with Crippen molar-refractivity contribution in [3.05, 3.63) is 29.8 Å². The first-order valence-corrected chi connectivity index (χ1v) is 7.23. The summed E-state index contributed by atoms with van der Waals surface area (Å²) < 4.78 is 5.46. The second-order valence-corrected chi connectivity index (χ2v) is 5.28. The smallest absolute Gasteiger partial charge is 0.119 e. The summed E-state index contributed by atoms with van der Waals surface area (Å²) in [5, 5.41) is 3.72. The molecule has 0 bridgehead atoms. The summed E-state index contributed by atoms with van der Waals surface area (Å²) >= 11 is 0. The number of ether oxygens (including phenoxy) is 1. The lowest BCUT2D eigenvalue weighted by atomic mass is 10.1. The van der Waals surface area contributed by atoms with Crippen molar-refractivity contribution < 1.29 is 4.74 Å². The lowest BCUT2D eigenvalue weighted by Crippen LogP contribution is -2.22. The fourth-order valence-corrected chi connectivity index (χ4v) is 2.58. The van der Waals surface area contributed by atoms with E-state index in [9.17, 15) is 0 Å². The van der Waals surface area contributed by atoms with Crippen molar-refractivity contribution in [1.82, 2.24) is 5.32 Å². The van der Waals surface area contributed by atoms with Crippen LogP contribution in [0.25, 0.3) is 0 Å². The van der Waals surface area contributed by atoms with Gasteiger partial charge in [0, 0.05) is 12.1 Å². The van der Waals surface area contributed by atoms with Crippen molar-refractivity contribution in [3.63, 3.8) is 0 Å². The lowest BCUT2D eigenvalue weighted by Gasteiger charge is -2.15. The summed E-state index contributed by atoms with van der Waals surface area (Å²) in [4.78, 5) is 0. The van der Waals surface area contributed by atoms with E-state index in [1.165, 1.54) is 24.8 Å². The van der Waals surface area contributed by atoms with Gasteiger partial charge in [-0.2, -0.15) is 0 Å². The molecule has 1 N–H and O–H groups in total. The van der Waals surface area contributed by atoms with Crippen molar-refractivity contribution in [2.75, 3.05) is 6.61 Å². The van der Waals surface area contributed by atoms with E-state index in [2.05, 4.69) is 43.4 Å². The Balaban J connectivity index is 1.83. The molecule has 0 amide bonds. The molecular weight excluding hydrogens is 222 g/mol. The second kappa shape index (κ2) is 6.24. The molecule has 0 aliphatic heterocycles. The van der Waals surface area contributed by atoms with Gasteiger partial charge in [-0.15, -0.1) is 0 Å². The number of hydrogen-bond acceptors (Lipinski definition) is 2. The molecule has 1 fully saturated rings. The maximum atomic E-state index is 5.46. The maximum absolute atomic E-state index is 5.46. The Bertz CT molecular complexity index is 360. The van der Waals surface area contributed by atoms with Gasteiger partial charge in [0.1, 0.15) is 5.75 Å². The molecule has 3 unspecified atom stereocenters. The van der Waals surface area contributed by atoms with E-state index in [-0.39, 0.29) is 0 Å². The van der Waals surface area contributed by atoms with Gasteiger partial charge in [0.25, 0.3) is 0 Å². The topological polar surface area (TPSA) is 21.3 Å². The Kier molecular flexibility index (Phi) is 4.65. The molecule has 1 aromatic carbocycles. The van der Waals surface area contributed by atoms with Gasteiger partial charge in [0.2, 0.25) is 0 Å². The number of benzene rings is 1. The van der Waals surface area contributed by atoms with E-state index >= 15 is 0 Å². The standard InChI is InChI=1S/C16H25NO/c1-4-6-14-11-16(14)17-12(3)13-7-9-15(10-8-13)18-5-2/h7-10,12,14,16-17H,4-6,11H2,1-3H3. The van der Waals surface area contributed by atoms with E-state index in [4.69, 9.17) is 4.74 Å². The van der Waals surface area contributed by atoms with E-state index in [1.54, 1.807) is 0 Å². The summed E-state index contributed by atoms with van der Waals surface area (Å²) in [5.74, 6) is 1.88. The van der Waals surface area contributed by atoms with E-state index in [0.717, 1.165) is 24.3 Å². The molecule has 1 aliphatic rings. The van der Waals surface area contributed by atoms with E-state index in [1.807, 2.05) is 6.92 Å². The maximum Gasteiger partial charge on any atom is 0.119 e. The zero-order valence-electron chi connectivity index (χ0n) is 11.8. The summed E-state index contributed by atoms with van der Waals surface area (Å²) in [6.45, 7) is 7.26. The van der Waals surface area contributed by atoms with Crippen molar-refractivity contribution in [1.29, 1.82) is 0 Å². The SMILES string of the molecule is CCCC1CC1NC(C)c1ccc(OCC)cc1. The van der Waals surface area contributed by atoms with E-state index < -0.39 is 0 Å². The Morgan fingerprint density at radius 1 is 1.28 bits per heavy atom. The zero-order valence-corrected chi connectivity index (χ0v) is 11.8. The van der Waals surface area contributed by atoms with Crippen LogP contribution in [-0.2, 0) is 0 Å². The third-order valence-electron chi connectivity index (χ3n) is 3.74. The average Bonchev–Trinajstić information content (AvgIpc) is 3.09. The predicted octanol–water partition coefficient (Wildman–Crippen LogP) is 3.92. The summed E-state index contributed by atoms with van der Waals surface area (Å²) in [5.41, 5.74) is 1.35. The highest BCUT2D eigenvalue weighted by atomic mass is 16.5. The molecule has 0 spiro atoms. The first kappa shape index (κ1) is 13.4. The van der Waals surface area contributed by atoms with Gasteiger partial charge in [-0.05, 0) is 50.3 Å². The highest BCUT2D eigenvalue weighted by Gasteiger charge is 2.36. The van der Waals surface area contributed by atoms with Crippen LogP contribution in [0.4, 0.5) is 0 Å². The molecule has 100 valence electrons. The Labute approximate surface area is 111 Å². The zero-order chi connectivity index (χ0) is 13.0. The molecule has 2 rings (SSSR count). The molecule has 1 aromatic rings. The molecule has 0 radical (unpaired) electrons. The molecule has 2 heteroatoms. The highest BCUT2D eigenvalue weighted by Crippen LogP contribution is 2.36. The van der Waals surface area contributed by atoms with Crippen LogP contribution in [0.15, 0.2) is 24.3 Å². The van der Waals surface area contributed by atoms with Gasteiger partial charge in [-0.3, -0.25) is 0 Å². The fourth-order valence-electron chi connectivity index (χ4n) is 2.58. The fraction of sp³-hybridized carbons (Fsp3) is 0.625. The second-order valence-electron chi connectivity index (χ2n) is 5.28. The quantitative estimate of drug-likeness (QED) is 0.788. The van der Waals surface area contributed by atoms with Gasteiger partial charge in [-0.25, -0.2) is 0 Å². The predicted molar refractivity (Wildman–Crippen MR) is 76.0 cm³/mol. The van der Waals surface area contributed by atoms with Crippen molar-refractivity contribution in [3.8, 4) is 5.75 Å². The van der Waals surface area contributed by atoms with Crippen LogP contribution >= 0.6 is 0 Å². The van der Waals surface area contributed by atoms with Gasteiger partial charge in [0.05, 0.1) is 6.61 Å². The first-order chi connectivity index (χ1) is 8.74. The molecule has 2 nitrogen and oxygen atoms in total. The molecular formula is C16H25NO. The van der Waals surface area contributed by atoms with Gasteiger partial charge in [0.15, 0.2) is 0 Å². The normalized spacial score (nSPS) is 23.7. The molecule has 0 saturated heterocycles. The minimum atomic E-state index is 0.438. The van der Waals surface area contributed by atoms with Crippen LogP contribution < -0.4 is 10.1 Å². The number of nitrogens with one attached hydrogen (secondary N) is 1. The van der Waals surface area contributed by atoms with Gasteiger partial charge in [-0.1, -0.05) is 25.5 Å². The minimum absolute atomic E-state index is 0.438. The van der Waals surface area contributed by atoms with Crippen LogP contribution in [0, 0.1) is 5.92 Å².